The molecule has 0 saturated heterocycles. The van der Waals surface area contributed by atoms with Gasteiger partial charge in [0.05, 0.1) is 65.6 Å². The zero-order chi connectivity index (χ0) is 45.8. The number of hydrogen-bond acceptors (Lipinski definition) is 8. The second-order valence-corrected chi connectivity index (χ2v) is 19.6. The molecule has 0 heterocycles. The van der Waals surface area contributed by atoms with Gasteiger partial charge in [0.1, 0.15) is 0 Å². The molecule has 0 fully saturated rings. The molecule has 2 aromatic carbocycles. The predicted molar refractivity (Wildman–Crippen MR) is 256 cm³/mol. The van der Waals surface area contributed by atoms with Gasteiger partial charge in [0, 0.05) is 8.95 Å². The van der Waals surface area contributed by atoms with E-state index in [-0.39, 0.29) is 13.2 Å². The molecule has 2 rings (SSSR count). The van der Waals surface area contributed by atoms with Gasteiger partial charge in [-0.3, -0.25) is 8.37 Å². The van der Waals surface area contributed by atoms with Crippen LogP contribution < -0.4 is 0 Å². The minimum atomic E-state index is -4.61. The van der Waals surface area contributed by atoms with E-state index in [0.29, 0.717) is 20.1 Å². The van der Waals surface area contributed by atoms with E-state index in [4.69, 9.17) is 0 Å². The van der Waals surface area contributed by atoms with Gasteiger partial charge in [-0.1, -0.05) is 175 Å². The SMILES string of the molecule is CCCC[N+](CCCC)(CCCC)CCCC.CCCC[N+](CCCC)(CCCC)CCCC.O=S(=O)([O-])OCc1ccccc1Br.O=S(=O)([O-])OCc1ccccc1Br. The largest absolute Gasteiger partial charge is 0.726 e. The molecule has 0 spiro atoms. The lowest BCUT2D eigenvalue weighted by molar-refractivity contribution is -0.929. The zero-order valence-corrected chi connectivity index (χ0v) is 43.5. The number of rotatable bonds is 30. The van der Waals surface area contributed by atoms with E-state index < -0.39 is 20.8 Å². The minimum absolute atomic E-state index is 0.243. The summed E-state index contributed by atoms with van der Waals surface area (Å²) in [7, 11) is -9.22. The van der Waals surface area contributed by atoms with Crippen molar-refractivity contribution in [2.45, 2.75) is 171 Å². The number of nitrogens with zero attached hydrogens (tertiary/aromatic N) is 2. The van der Waals surface area contributed by atoms with Gasteiger partial charge in [-0.2, -0.15) is 0 Å². The van der Waals surface area contributed by atoms with Crippen molar-refractivity contribution in [1.29, 1.82) is 0 Å². The minimum Gasteiger partial charge on any atom is -0.726 e. The van der Waals surface area contributed by atoms with Gasteiger partial charge in [0.2, 0.25) is 20.8 Å². The fourth-order valence-corrected chi connectivity index (χ4v) is 8.13. The second kappa shape index (κ2) is 37.4. The van der Waals surface area contributed by atoms with Crippen molar-refractivity contribution in [2.24, 2.45) is 0 Å². The Labute approximate surface area is 385 Å². The first-order valence-electron chi connectivity index (χ1n) is 22.8. The maximum absolute atomic E-state index is 10.1. The Morgan fingerprint density at radius 3 is 0.783 bits per heavy atom. The number of benzene rings is 2. The van der Waals surface area contributed by atoms with Gasteiger partial charge in [-0.25, -0.2) is 16.8 Å². The average Bonchev–Trinajstić information content (AvgIpc) is 3.22. The molecule has 0 unspecified atom stereocenters. The van der Waals surface area contributed by atoms with Crippen LogP contribution in [0.2, 0.25) is 0 Å². The Hall–Kier alpha value is -0.940. The van der Waals surface area contributed by atoms with E-state index in [9.17, 15) is 25.9 Å². The van der Waals surface area contributed by atoms with Crippen molar-refractivity contribution >= 4 is 52.7 Å². The van der Waals surface area contributed by atoms with Gasteiger partial charge >= 0.3 is 0 Å². The molecular formula is C46H84Br2N2O8S2. The van der Waals surface area contributed by atoms with Crippen molar-refractivity contribution in [3.63, 3.8) is 0 Å². The molecule has 0 aliphatic rings. The van der Waals surface area contributed by atoms with Crippen LogP contribution >= 0.6 is 31.9 Å². The van der Waals surface area contributed by atoms with E-state index in [2.05, 4.69) is 95.6 Å². The van der Waals surface area contributed by atoms with Gasteiger partial charge in [-0.05, 0) is 74.6 Å². The average molecular weight is 1020 g/mol. The lowest BCUT2D eigenvalue weighted by atomic mass is 10.1. The van der Waals surface area contributed by atoms with Crippen LogP contribution in [0.4, 0.5) is 0 Å². The van der Waals surface area contributed by atoms with Crippen LogP contribution in [0.5, 0.6) is 0 Å². The Balaban J connectivity index is 0. The smallest absolute Gasteiger partial charge is 0.217 e. The molecule has 0 amide bonds. The van der Waals surface area contributed by atoms with Crippen LogP contribution in [0.3, 0.4) is 0 Å². The number of halogens is 2. The second-order valence-electron chi connectivity index (χ2n) is 15.8. The first kappa shape index (κ1) is 61.1. The highest BCUT2D eigenvalue weighted by Crippen LogP contribution is 2.20. The quantitative estimate of drug-likeness (QED) is 0.0429. The first-order valence-corrected chi connectivity index (χ1v) is 27.1. The number of unbranched alkanes of at least 4 members (excludes halogenated alkanes) is 8. The summed E-state index contributed by atoms with van der Waals surface area (Å²) in [6.07, 6.45) is 22.1. The topological polar surface area (TPSA) is 133 Å². The molecule has 0 saturated carbocycles. The maximum Gasteiger partial charge on any atom is 0.217 e. The molecular weight excluding hydrogens is 932 g/mol. The monoisotopic (exact) mass is 1010 g/mol. The third-order valence-corrected chi connectivity index (χ3v) is 12.9. The Morgan fingerprint density at radius 2 is 0.617 bits per heavy atom. The highest BCUT2D eigenvalue weighted by Gasteiger charge is 2.25. The van der Waals surface area contributed by atoms with E-state index in [0.717, 1.165) is 0 Å². The van der Waals surface area contributed by atoms with Gasteiger partial charge in [-0.15, -0.1) is 0 Å². The summed E-state index contributed by atoms with van der Waals surface area (Å²) < 4.78 is 73.2. The fraction of sp³-hybridized carbons (Fsp3) is 0.739. The molecule has 0 radical (unpaired) electrons. The molecule has 0 atom stereocenters. The van der Waals surface area contributed by atoms with Crippen molar-refractivity contribution in [1.82, 2.24) is 0 Å². The summed E-state index contributed by atoms with van der Waals surface area (Å²) in [4.78, 5) is 0. The van der Waals surface area contributed by atoms with Gasteiger partial charge in [0.15, 0.2) is 0 Å². The molecule has 14 heteroatoms. The molecule has 352 valence electrons. The van der Waals surface area contributed by atoms with Crippen LogP contribution in [-0.4, -0.2) is 87.3 Å². The summed E-state index contributed by atoms with van der Waals surface area (Å²) in [5, 5.41) is 0. The van der Waals surface area contributed by atoms with Crippen molar-refractivity contribution < 1.29 is 43.3 Å². The molecule has 60 heavy (non-hydrogen) atoms. The predicted octanol–water partition coefficient (Wildman–Crippen LogP) is 12.9. The maximum atomic E-state index is 10.1. The highest BCUT2D eigenvalue weighted by atomic mass is 79.9. The van der Waals surface area contributed by atoms with Gasteiger partial charge < -0.3 is 18.1 Å². The van der Waals surface area contributed by atoms with E-state index in [1.807, 2.05) is 0 Å². The fourth-order valence-electron chi connectivity index (χ4n) is 6.79. The lowest BCUT2D eigenvalue weighted by Gasteiger charge is -2.39. The van der Waals surface area contributed by atoms with E-state index in [1.165, 1.54) is 164 Å². The number of quaternary nitrogens is 2. The summed E-state index contributed by atoms with van der Waals surface area (Å²) in [6, 6.07) is 13.8. The third kappa shape index (κ3) is 33.6. The third-order valence-electron chi connectivity index (χ3n) is 10.5. The summed E-state index contributed by atoms with van der Waals surface area (Å²) in [5.74, 6) is 0. The normalized spacial score (nSPS) is 11.8. The van der Waals surface area contributed by atoms with Crippen molar-refractivity contribution in [3.8, 4) is 0 Å². The molecule has 0 bridgehead atoms. The Morgan fingerprint density at radius 1 is 0.417 bits per heavy atom. The van der Waals surface area contributed by atoms with Crippen LogP contribution in [0.1, 0.15) is 169 Å². The Kier molecular flexibility index (Phi) is 38.2. The lowest BCUT2D eigenvalue weighted by Crippen LogP contribution is -2.50. The number of hydrogen-bond donors (Lipinski definition) is 0. The van der Waals surface area contributed by atoms with Crippen molar-refractivity contribution in [3.05, 3.63) is 68.6 Å². The van der Waals surface area contributed by atoms with Crippen LogP contribution in [0.25, 0.3) is 0 Å². The van der Waals surface area contributed by atoms with Gasteiger partial charge in [0.25, 0.3) is 0 Å². The molecule has 0 aliphatic carbocycles. The van der Waals surface area contributed by atoms with E-state index in [1.54, 1.807) is 48.5 Å². The summed E-state index contributed by atoms with van der Waals surface area (Å²) >= 11 is 6.37. The summed E-state index contributed by atoms with van der Waals surface area (Å²) in [6.45, 7) is 29.6. The van der Waals surface area contributed by atoms with Crippen molar-refractivity contribution in [2.75, 3.05) is 52.4 Å². The standard InChI is InChI=1S/2C16H36N.2C7H7BrO4S/c2*1-5-9-13-17(14-10-6-2,15-11-7-3)16-12-8-4;2*8-7-4-2-1-3-6(7)5-12-13(9,10)11/h2*5-16H2,1-4H3;2*1-4H,5H2,(H,9,10,11)/q2*+1;;/p-2. The summed E-state index contributed by atoms with van der Waals surface area (Å²) in [5.41, 5.74) is 1.23. The molecule has 2 aromatic rings. The van der Waals surface area contributed by atoms with E-state index >= 15 is 0 Å². The molecule has 0 aliphatic heterocycles. The molecule has 0 aromatic heterocycles. The van der Waals surface area contributed by atoms with Crippen LogP contribution in [0.15, 0.2) is 57.5 Å². The molecule has 0 N–H and O–H groups in total. The molecule has 10 nitrogen and oxygen atoms in total. The first-order chi connectivity index (χ1) is 28.5. The van der Waals surface area contributed by atoms with Crippen LogP contribution in [-0.2, 0) is 42.4 Å². The zero-order valence-electron chi connectivity index (χ0n) is 38.7. The highest BCUT2D eigenvalue weighted by molar-refractivity contribution is 9.10. The van der Waals surface area contributed by atoms with Crippen LogP contribution in [0, 0.1) is 0 Å². The Bertz CT molecular complexity index is 1340.